The highest BCUT2D eigenvalue weighted by Crippen LogP contribution is 2.28. The number of nitrogens with zero attached hydrogens (tertiary/aromatic N) is 2. The van der Waals surface area contributed by atoms with Crippen molar-refractivity contribution in [2.24, 2.45) is 0 Å². The van der Waals surface area contributed by atoms with Crippen LogP contribution in [0.5, 0.6) is 0 Å². The summed E-state index contributed by atoms with van der Waals surface area (Å²) in [6.07, 6.45) is 4.25. The second kappa shape index (κ2) is 10.3. The molecule has 0 saturated heterocycles. The summed E-state index contributed by atoms with van der Waals surface area (Å²) in [5.41, 5.74) is 9.52. The molecular weight excluding hydrogens is 412 g/mol. The van der Waals surface area contributed by atoms with E-state index in [0.29, 0.717) is 17.8 Å². The molecule has 0 spiro atoms. The van der Waals surface area contributed by atoms with Crippen molar-refractivity contribution in [1.29, 1.82) is 0 Å². The molecule has 0 saturated carbocycles. The first kappa shape index (κ1) is 23.8. The Bertz CT molecular complexity index is 1170. The van der Waals surface area contributed by atoms with Crippen LogP contribution in [0.2, 0.25) is 0 Å². The Morgan fingerprint density at radius 1 is 0.588 bits per heavy atom. The summed E-state index contributed by atoms with van der Waals surface area (Å²) in [4.78, 5) is 0. The third-order valence-corrected chi connectivity index (χ3v) is 6.46. The summed E-state index contributed by atoms with van der Waals surface area (Å²) in [7, 11) is 0. The zero-order valence-electron chi connectivity index (χ0n) is 21.3. The van der Waals surface area contributed by atoms with E-state index in [1.54, 1.807) is 0 Å². The highest BCUT2D eigenvalue weighted by atomic mass is 15.3. The summed E-state index contributed by atoms with van der Waals surface area (Å²) in [5, 5.41) is 4.98. The van der Waals surface area contributed by atoms with Crippen LogP contribution >= 0.6 is 0 Å². The highest BCUT2D eigenvalue weighted by molar-refractivity contribution is 5.72. The Hall–Kier alpha value is -3.39. The molecule has 0 aliphatic carbocycles. The molecule has 34 heavy (non-hydrogen) atoms. The van der Waals surface area contributed by atoms with Crippen molar-refractivity contribution in [1.82, 2.24) is 9.78 Å². The van der Waals surface area contributed by atoms with E-state index in [1.165, 1.54) is 27.8 Å². The Balaban J connectivity index is 1.71. The Kier molecular flexibility index (Phi) is 7.17. The second-order valence-corrected chi connectivity index (χ2v) is 10.0. The predicted molar refractivity (Wildman–Crippen MR) is 147 cm³/mol. The molecule has 0 amide bonds. The molecule has 1 aromatic heterocycles. The SMILES string of the molecule is CC(C)c1ccc(C=Cc2cc(-c3ccc(C(C)C)cc3)n(-c3ccc(C(C)C)cc3)n2)cc1. The molecule has 0 unspecified atom stereocenters. The van der Waals surface area contributed by atoms with Crippen LogP contribution < -0.4 is 0 Å². The molecule has 0 atom stereocenters. The first-order valence-corrected chi connectivity index (χ1v) is 12.4. The van der Waals surface area contributed by atoms with Gasteiger partial charge < -0.3 is 0 Å². The minimum absolute atomic E-state index is 0.510. The third kappa shape index (κ3) is 5.39. The van der Waals surface area contributed by atoms with Gasteiger partial charge in [-0.3, -0.25) is 0 Å². The maximum atomic E-state index is 4.98. The van der Waals surface area contributed by atoms with Gasteiger partial charge in [0, 0.05) is 5.56 Å². The van der Waals surface area contributed by atoms with E-state index < -0.39 is 0 Å². The highest BCUT2D eigenvalue weighted by Gasteiger charge is 2.12. The average Bonchev–Trinajstić information content (AvgIpc) is 3.27. The molecule has 2 nitrogen and oxygen atoms in total. The normalized spacial score (nSPS) is 11.9. The molecule has 2 heteroatoms. The number of aromatic nitrogens is 2. The number of hydrogen-bond donors (Lipinski definition) is 0. The molecule has 4 rings (SSSR count). The fourth-order valence-corrected chi connectivity index (χ4v) is 4.10. The molecule has 0 bridgehead atoms. The van der Waals surface area contributed by atoms with Crippen LogP contribution in [0, 0.1) is 0 Å². The van der Waals surface area contributed by atoms with Gasteiger partial charge in [-0.25, -0.2) is 4.68 Å². The lowest BCUT2D eigenvalue weighted by Gasteiger charge is -2.11. The Labute approximate surface area is 205 Å². The first-order valence-electron chi connectivity index (χ1n) is 12.4. The molecule has 4 aromatic rings. The van der Waals surface area contributed by atoms with Gasteiger partial charge in [0.1, 0.15) is 0 Å². The van der Waals surface area contributed by atoms with Crippen molar-refractivity contribution in [2.45, 2.75) is 59.3 Å². The van der Waals surface area contributed by atoms with E-state index in [2.05, 4.69) is 137 Å². The van der Waals surface area contributed by atoms with Crippen LogP contribution in [0.4, 0.5) is 0 Å². The lowest BCUT2D eigenvalue weighted by molar-refractivity contribution is 0.854. The van der Waals surface area contributed by atoms with E-state index in [1.807, 2.05) is 0 Å². The Morgan fingerprint density at radius 3 is 1.56 bits per heavy atom. The van der Waals surface area contributed by atoms with Gasteiger partial charge in [0.15, 0.2) is 0 Å². The summed E-state index contributed by atoms with van der Waals surface area (Å²) >= 11 is 0. The van der Waals surface area contributed by atoms with Gasteiger partial charge in [-0.05, 0) is 64.3 Å². The van der Waals surface area contributed by atoms with Crippen LogP contribution in [-0.4, -0.2) is 9.78 Å². The number of hydrogen-bond acceptors (Lipinski definition) is 1. The van der Waals surface area contributed by atoms with Gasteiger partial charge in [-0.1, -0.05) is 108 Å². The maximum absolute atomic E-state index is 4.98. The van der Waals surface area contributed by atoms with Crippen LogP contribution in [-0.2, 0) is 0 Å². The summed E-state index contributed by atoms with van der Waals surface area (Å²) < 4.78 is 2.07. The van der Waals surface area contributed by atoms with Gasteiger partial charge >= 0.3 is 0 Å². The van der Waals surface area contributed by atoms with Gasteiger partial charge in [0.25, 0.3) is 0 Å². The van der Waals surface area contributed by atoms with Gasteiger partial charge in [-0.15, -0.1) is 0 Å². The fourth-order valence-electron chi connectivity index (χ4n) is 4.10. The van der Waals surface area contributed by atoms with Crippen molar-refractivity contribution in [3.63, 3.8) is 0 Å². The van der Waals surface area contributed by atoms with Crippen LogP contribution in [0.3, 0.4) is 0 Å². The molecule has 3 aromatic carbocycles. The summed E-state index contributed by atoms with van der Waals surface area (Å²) in [5.74, 6) is 1.57. The summed E-state index contributed by atoms with van der Waals surface area (Å²) in [6, 6.07) is 28.6. The molecular formula is C32H36N2. The fraction of sp³-hybridized carbons (Fsp3) is 0.281. The maximum Gasteiger partial charge on any atom is 0.0862 e. The molecule has 0 radical (unpaired) electrons. The van der Waals surface area contributed by atoms with E-state index in [9.17, 15) is 0 Å². The second-order valence-electron chi connectivity index (χ2n) is 10.0. The van der Waals surface area contributed by atoms with E-state index in [-0.39, 0.29) is 0 Å². The van der Waals surface area contributed by atoms with Crippen molar-refractivity contribution in [2.75, 3.05) is 0 Å². The number of rotatable bonds is 7. The Morgan fingerprint density at radius 2 is 1.06 bits per heavy atom. The molecule has 1 heterocycles. The van der Waals surface area contributed by atoms with Crippen LogP contribution in [0.15, 0.2) is 78.9 Å². The first-order chi connectivity index (χ1) is 16.3. The van der Waals surface area contributed by atoms with Crippen LogP contribution in [0.1, 0.15) is 87.2 Å². The van der Waals surface area contributed by atoms with Gasteiger partial charge in [-0.2, -0.15) is 5.10 Å². The molecule has 0 aliphatic heterocycles. The van der Waals surface area contributed by atoms with Crippen LogP contribution in [0.25, 0.3) is 29.1 Å². The third-order valence-electron chi connectivity index (χ3n) is 6.46. The lowest BCUT2D eigenvalue weighted by atomic mass is 10.0. The van der Waals surface area contributed by atoms with Gasteiger partial charge in [0.2, 0.25) is 0 Å². The quantitative estimate of drug-likeness (QED) is 0.276. The zero-order chi connectivity index (χ0) is 24.2. The van der Waals surface area contributed by atoms with Gasteiger partial charge in [0.05, 0.1) is 17.1 Å². The average molecular weight is 449 g/mol. The molecule has 0 fully saturated rings. The minimum atomic E-state index is 0.510. The zero-order valence-corrected chi connectivity index (χ0v) is 21.3. The lowest BCUT2D eigenvalue weighted by Crippen LogP contribution is -2.00. The number of benzene rings is 3. The standard InChI is InChI=1S/C32H36N2/c1-22(2)26-10-7-25(8-11-26)9-18-30-21-32(29-14-12-27(13-15-29)23(3)4)34(33-30)31-19-16-28(17-20-31)24(5)6/h7-24H,1-6H3. The van der Waals surface area contributed by atoms with Crippen molar-refractivity contribution in [3.8, 4) is 16.9 Å². The van der Waals surface area contributed by atoms with E-state index in [4.69, 9.17) is 5.10 Å². The predicted octanol–water partition coefficient (Wildman–Crippen LogP) is 9.08. The smallest absolute Gasteiger partial charge is 0.0862 e. The molecule has 174 valence electrons. The van der Waals surface area contributed by atoms with Crippen molar-refractivity contribution < 1.29 is 0 Å². The van der Waals surface area contributed by atoms with Crippen molar-refractivity contribution in [3.05, 3.63) is 107 Å². The minimum Gasteiger partial charge on any atom is -0.233 e. The largest absolute Gasteiger partial charge is 0.233 e. The monoisotopic (exact) mass is 448 g/mol. The summed E-state index contributed by atoms with van der Waals surface area (Å²) in [6.45, 7) is 13.3. The van der Waals surface area contributed by atoms with Crippen molar-refractivity contribution >= 4 is 12.2 Å². The van der Waals surface area contributed by atoms with E-state index >= 15 is 0 Å². The topological polar surface area (TPSA) is 17.8 Å². The molecule has 0 N–H and O–H groups in total. The van der Waals surface area contributed by atoms with E-state index in [0.717, 1.165) is 17.1 Å². The molecule has 0 aliphatic rings.